The van der Waals surface area contributed by atoms with Crippen LogP contribution in [0.4, 0.5) is 0 Å². The van der Waals surface area contributed by atoms with Gasteiger partial charge in [-0.3, -0.25) is 5.32 Å². The van der Waals surface area contributed by atoms with Crippen LogP contribution >= 0.6 is 0 Å². The van der Waals surface area contributed by atoms with Crippen LogP contribution in [0.2, 0.25) is 0 Å². The van der Waals surface area contributed by atoms with Crippen molar-refractivity contribution < 1.29 is 0 Å². The van der Waals surface area contributed by atoms with Crippen LogP contribution in [-0.2, 0) is 0 Å². The van der Waals surface area contributed by atoms with Gasteiger partial charge in [0, 0.05) is 6.20 Å². The van der Waals surface area contributed by atoms with Gasteiger partial charge in [-0.05, 0) is 19.1 Å². The van der Waals surface area contributed by atoms with Gasteiger partial charge >= 0.3 is 0 Å². The molecule has 2 heterocycles. The Labute approximate surface area is 98.9 Å². The van der Waals surface area contributed by atoms with Gasteiger partial charge in [0.2, 0.25) is 0 Å². The average Bonchev–Trinajstić information content (AvgIpc) is 2.86. The van der Waals surface area contributed by atoms with E-state index in [-0.39, 0.29) is 12.6 Å². The molecule has 6 nitrogen and oxygen atoms in total. The second kappa shape index (κ2) is 5.18. The van der Waals surface area contributed by atoms with Gasteiger partial charge < -0.3 is 0 Å². The molecule has 0 spiro atoms. The van der Waals surface area contributed by atoms with E-state index in [1.54, 1.807) is 10.9 Å². The fourth-order valence-electron chi connectivity index (χ4n) is 1.49. The Morgan fingerprint density at radius 2 is 2.35 bits per heavy atom. The maximum Gasteiger partial charge on any atom is 0.155 e. The zero-order valence-electron chi connectivity index (χ0n) is 9.41. The maximum absolute atomic E-state index is 8.53. The average molecular weight is 228 g/mol. The van der Waals surface area contributed by atoms with Crippen molar-refractivity contribution in [2.45, 2.75) is 13.0 Å². The normalized spacial score (nSPS) is 12.0. The SMILES string of the molecule is CC(NCC#N)c1ncnn1-c1ccccn1. The Kier molecular flexibility index (Phi) is 3.43. The van der Waals surface area contributed by atoms with Crippen LogP contribution in [0.3, 0.4) is 0 Å². The first-order chi connectivity index (χ1) is 8.33. The first-order valence-corrected chi connectivity index (χ1v) is 5.24. The van der Waals surface area contributed by atoms with Crippen molar-refractivity contribution in [1.29, 1.82) is 5.26 Å². The number of hydrogen-bond acceptors (Lipinski definition) is 5. The molecule has 0 saturated heterocycles. The number of aromatic nitrogens is 4. The summed E-state index contributed by atoms with van der Waals surface area (Å²) >= 11 is 0. The molecule has 0 radical (unpaired) electrons. The van der Waals surface area contributed by atoms with E-state index in [0.717, 1.165) is 5.82 Å². The lowest BCUT2D eigenvalue weighted by atomic mass is 10.3. The third-order valence-corrected chi connectivity index (χ3v) is 2.32. The molecule has 86 valence electrons. The number of rotatable bonds is 4. The highest BCUT2D eigenvalue weighted by molar-refractivity contribution is 5.22. The van der Waals surface area contributed by atoms with Crippen molar-refractivity contribution in [3.8, 4) is 11.9 Å². The van der Waals surface area contributed by atoms with E-state index in [0.29, 0.717) is 5.82 Å². The lowest BCUT2D eigenvalue weighted by Gasteiger charge is -2.11. The number of nitrogens with one attached hydrogen (secondary N) is 1. The molecule has 1 N–H and O–H groups in total. The van der Waals surface area contributed by atoms with Gasteiger partial charge in [0.25, 0.3) is 0 Å². The molecule has 0 aliphatic rings. The summed E-state index contributed by atoms with van der Waals surface area (Å²) in [6.07, 6.45) is 3.18. The molecule has 2 rings (SSSR count). The minimum Gasteiger partial charge on any atom is -0.295 e. The van der Waals surface area contributed by atoms with Crippen LogP contribution in [0.5, 0.6) is 0 Å². The highest BCUT2D eigenvalue weighted by Crippen LogP contribution is 2.12. The van der Waals surface area contributed by atoms with E-state index in [9.17, 15) is 0 Å². The topological polar surface area (TPSA) is 79.4 Å². The zero-order chi connectivity index (χ0) is 12.1. The van der Waals surface area contributed by atoms with E-state index in [1.165, 1.54) is 6.33 Å². The van der Waals surface area contributed by atoms with Crippen LogP contribution in [-0.4, -0.2) is 26.3 Å². The Morgan fingerprint density at radius 1 is 1.47 bits per heavy atom. The number of pyridine rings is 1. The molecular formula is C11H12N6. The summed E-state index contributed by atoms with van der Waals surface area (Å²) in [6, 6.07) is 7.57. The summed E-state index contributed by atoms with van der Waals surface area (Å²) in [7, 11) is 0. The number of hydrogen-bond donors (Lipinski definition) is 1. The predicted octanol–water partition coefficient (Wildman–Crippen LogP) is 0.836. The van der Waals surface area contributed by atoms with Crippen LogP contribution in [0.1, 0.15) is 18.8 Å². The van der Waals surface area contributed by atoms with E-state index in [2.05, 4.69) is 20.4 Å². The molecule has 1 atom stereocenters. The molecule has 0 fully saturated rings. The van der Waals surface area contributed by atoms with Crippen LogP contribution in [0.25, 0.3) is 5.82 Å². The van der Waals surface area contributed by atoms with Gasteiger partial charge in [-0.25, -0.2) is 9.97 Å². The number of nitriles is 1. The van der Waals surface area contributed by atoms with Crippen molar-refractivity contribution in [3.05, 3.63) is 36.5 Å². The van der Waals surface area contributed by atoms with E-state index < -0.39 is 0 Å². The highest BCUT2D eigenvalue weighted by atomic mass is 15.4. The van der Waals surface area contributed by atoms with Crippen LogP contribution in [0, 0.1) is 11.3 Å². The van der Waals surface area contributed by atoms with E-state index in [4.69, 9.17) is 5.26 Å². The van der Waals surface area contributed by atoms with Gasteiger partial charge in [0.1, 0.15) is 6.33 Å². The quantitative estimate of drug-likeness (QED) is 0.784. The minimum atomic E-state index is -0.0563. The molecule has 0 bridgehead atoms. The molecule has 17 heavy (non-hydrogen) atoms. The molecule has 1 unspecified atom stereocenters. The smallest absolute Gasteiger partial charge is 0.155 e. The monoisotopic (exact) mass is 228 g/mol. The zero-order valence-corrected chi connectivity index (χ0v) is 9.41. The Hall–Kier alpha value is -2.26. The summed E-state index contributed by atoms with van der Waals surface area (Å²) < 4.78 is 1.66. The molecule has 2 aromatic rings. The summed E-state index contributed by atoms with van der Waals surface area (Å²) in [5.74, 6) is 1.45. The Morgan fingerprint density at radius 3 is 3.06 bits per heavy atom. The number of nitrogens with zero attached hydrogens (tertiary/aromatic N) is 5. The Balaban J connectivity index is 2.26. The fourth-order valence-corrected chi connectivity index (χ4v) is 1.49. The molecule has 0 aliphatic heterocycles. The molecular weight excluding hydrogens is 216 g/mol. The van der Waals surface area contributed by atoms with Gasteiger partial charge in [0.15, 0.2) is 11.6 Å². The van der Waals surface area contributed by atoms with Crippen molar-refractivity contribution in [3.63, 3.8) is 0 Å². The van der Waals surface area contributed by atoms with Crippen molar-refractivity contribution >= 4 is 0 Å². The first kappa shape index (κ1) is 11.2. The summed E-state index contributed by atoms with van der Waals surface area (Å²) in [5, 5.41) is 15.7. The fraction of sp³-hybridized carbons (Fsp3) is 0.273. The third kappa shape index (κ3) is 2.46. The second-order valence-corrected chi connectivity index (χ2v) is 3.48. The lowest BCUT2D eigenvalue weighted by Crippen LogP contribution is -2.22. The van der Waals surface area contributed by atoms with E-state index in [1.807, 2.05) is 31.2 Å². The molecule has 0 aliphatic carbocycles. The van der Waals surface area contributed by atoms with Crippen LogP contribution in [0.15, 0.2) is 30.7 Å². The van der Waals surface area contributed by atoms with Gasteiger partial charge in [-0.1, -0.05) is 6.07 Å². The van der Waals surface area contributed by atoms with Crippen molar-refractivity contribution in [2.24, 2.45) is 0 Å². The first-order valence-electron chi connectivity index (χ1n) is 5.24. The summed E-state index contributed by atoms with van der Waals surface area (Å²) in [6.45, 7) is 2.21. The van der Waals surface area contributed by atoms with Crippen molar-refractivity contribution in [1.82, 2.24) is 25.1 Å². The van der Waals surface area contributed by atoms with Gasteiger partial charge in [-0.15, -0.1) is 0 Å². The minimum absolute atomic E-state index is 0.0563. The standard InChI is InChI=1S/C11H12N6/c1-9(13-7-5-12)11-15-8-16-17(11)10-4-2-3-6-14-10/h2-4,6,8-9,13H,7H2,1H3. The van der Waals surface area contributed by atoms with Gasteiger partial charge in [-0.2, -0.15) is 15.0 Å². The summed E-state index contributed by atoms with van der Waals surface area (Å²) in [4.78, 5) is 8.40. The second-order valence-electron chi connectivity index (χ2n) is 3.48. The molecule has 0 aromatic carbocycles. The Bertz CT molecular complexity index is 512. The molecule has 2 aromatic heterocycles. The van der Waals surface area contributed by atoms with E-state index >= 15 is 0 Å². The summed E-state index contributed by atoms with van der Waals surface area (Å²) in [5.41, 5.74) is 0. The largest absolute Gasteiger partial charge is 0.295 e. The predicted molar refractivity (Wildman–Crippen MR) is 61.2 cm³/mol. The molecule has 0 amide bonds. The van der Waals surface area contributed by atoms with Crippen LogP contribution < -0.4 is 5.32 Å². The third-order valence-electron chi connectivity index (χ3n) is 2.32. The van der Waals surface area contributed by atoms with Gasteiger partial charge in [0.05, 0.1) is 18.7 Å². The lowest BCUT2D eigenvalue weighted by molar-refractivity contribution is 0.564. The maximum atomic E-state index is 8.53. The highest BCUT2D eigenvalue weighted by Gasteiger charge is 2.13. The molecule has 6 heteroatoms. The molecule has 0 saturated carbocycles. The van der Waals surface area contributed by atoms with Crippen molar-refractivity contribution in [2.75, 3.05) is 6.54 Å².